The monoisotopic (exact) mass is 282 g/mol. The molecule has 7 heteroatoms. The average molecular weight is 282 g/mol. The van der Waals surface area contributed by atoms with Crippen molar-refractivity contribution < 1.29 is 4.79 Å². The number of carbonyl (C=O) groups is 1. The van der Waals surface area contributed by atoms with Crippen molar-refractivity contribution in [3.63, 3.8) is 0 Å². The van der Waals surface area contributed by atoms with Gasteiger partial charge in [0, 0.05) is 18.1 Å². The highest BCUT2D eigenvalue weighted by Crippen LogP contribution is 2.20. The summed E-state index contributed by atoms with van der Waals surface area (Å²) in [6.07, 6.45) is 3.26. The van der Waals surface area contributed by atoms with E-state index < -0.39 is 0 Å². The van der Waals surface area contributed by atoms with Gasteiger partial charge < -0.3 is 11.1 Å². The minimum Gasteiger partial charge on any atom is -0.329 e. The van der Waals surface area contributed by atoms with Crippen LogP contribution >= 0.6 is 0 Å². The molecule has 106 valence electrons. The second kappa shape index (κ2) is 5.68. The first-order valence-electron chi connectivity index (χ1n) is 6.53. The highest BCUT2D eigenvalue weighted by Gasteiger charge is 2.12. The molecule has 3 aromatic rings. The van der Waals surface area contributed by atoms with Gasteiger partial charge in [-0.3, -0.25) is 14.5 Å². The molecule has 0 aliphatic rings. The van der Waals surface area contributed by atoms with E-state index in [0.29, 0.717) is 18.8 Å². The Hall–Kier alpha value is -2.80. The number of anilines is 1. The average Bonchev–Trinajstić information content (AvgIpc) is 2.97. The van der Waals surface area contributed by atoms with Gasteiger partial charge >= 0.3 is 0 Å². The SMILES string of the molecule is NCCn1cc(C(=O)Nc2cccc3cccnc23)nn1. The summed E-state index contributed by atoms with van der Waals surface area (Å²) in [5.41, 5.74) is 7.06. The molecule has 3 rings (SSSR count). The Morgan fingerprint density at radius 3 is 3.00 bits per heavy atom. The van der Waals surface area contributed by atoms with Crippen molar-refractivity contribution in [1.82, 2.24) is 20.0 Å². The van der Waals surface area contributed by atoms with E-state index in [1.807, 2.05) is 24.3 Å². The number of hydrogen-bond donors (Lipinski definition) is 2. The number of benzene rings is 1. The van der Waals surface area contributed by atoms with Crippen molar-refractivity contribution in [2.45, 2.75) is 6.54 Å². The zero-order chi connectivity index (χ0) is 14.7. The molecule has 0 bridgehead atoms. The molecule has 0 radical (unpaired) electrons. The number of amides is 1. The lowest BCUT2D eigenvalue weighted by molar-refractivity contribution is 0.102. The molecule has 0 aliphatic carbocycles. The van der Waals surface area contributed by atoms with Gasteiger partial charge in [0.1, 0.15) is 0 Å². The second-order valence-electron chi connectivity index (χ2n) is 4.49. The van der Waals surface area contributed by atoms with E-state index in [4.69, 9.17) is 5.73 Å². The molecule has 2 aromatic heterocycles. The van der Waals surface area contributed by atoms with E-state index in [-0.39, 0.29) is 11.6 Å². The molecule has 0 saturated carbocycles. The maximum atomic E-state index is 12.2. The molecule has 1 aromatic carbocycles. The summed E-state index contributed by atoms with van der Waals surface area (Å²) in [7, 11) is 0. The van der Waals surface area contributed by atoms with E-state index in [9.17, 15) is 4.79 Å². The quantitative estimate of drug-likeness (QED) is 0.745. The van der Waals surface area contributed by atoms with Crippen LogP contribution in [0.3, 0.4) is 0 Å². The van der Waals surface area contributed by atoms with E-state index in [2.05, 4.69) is 20.6 Å². The van der Waals surface area contributed by atoms with Gasteiger partial charge in [0.15, 0.2) is 5.69 Å². The number of rotatable bonds is 4. The van der Waals surface area contributed by atoms with Crippen molar-refractivity contribution >= 4 is 22.5 Å². The predicted molar refractivity (Wildman–Crippen MR) is 78.8 cm³/mol. The van der Waals surface area contributed by atoms with Crippen molar-refractivity contribution in [2.24, 2.45) is 5.73 Å². The minimum absolute atomic E-state index is 0.247. The summed E-state index contributed by atoms with van der Waals surface area (Å²) >= 11 is 0. The third-order valence-electron chi connectivity index (χ3n) is 3.01. The number of fused-ring (bicyclic) bond motifs is 1. The maximum absolute atomic E-state index is 12.2. The summed E-state index contributed by atoms with van der Waals surface area (Å²) < 4.78 is 1.54. The van der Waals surface area contributed by atoms with E-state index >= 15 is 0 Å². The van der Waals surface area contributed by atoms with Crippen LogP contribution in [0, 0.1) is 0 Å². The molecule has 3 N–H and O–H groups in total. The number of pyridine rings is 1. The molecular weight excluding hydrogens is 268 g/mol. The molecule has 21 heavy (non-hydrogen) atoms. The number of carbonyl (C=O) groups excluding carboxylic acids is 1. The smallest absolute Gasteiger partial charge is 0.277 e. The first-order chi connectivity index (χ1) is 10.3. The number of nitrogens with one attached hydrogen (secondary N) is 1. The van der Waals surface area contributed by atoms with Crippen molar-refractivity contribution in [3.05, 3.63) is 48.4 Å². The molecule has 0 fully saturated rings. The molecule has 0 aliphatic heterocycles. The van der Waals surface area contributed by atoms with Crippen LogP contribution in [0.1, 0.15) is 10.5 Å². The van der Waals surface area contributed by atoms with Crippen LogP contribution in [0.15, 0.2) is 42.7 Å². The lowest BCUT2D eigenvalue weighted by atomic mass is 10.2. The van der Waals surface area contributed by atoms with Gasteiger partial charge in [-0.2, -0.15) is 0 Å². The van der Waals surface area contributed by atoms with Crippen LogP contribution in [-0.4, -0.2) is 32.4 Å². The molecular formula is C14H14N6O. The lowest BCUT2D eigenvalue weighted by Crippen LogP contribution is -2.13. The number of hydrogen-bond acceptors (Lipinski definition) is 5. The summed E-state index contributed by atoms with van der Waals surface area (Å²) in [6, 6.07) is 9.40. The fourth-order valence-corrected chi connectivity index (χ4v) is 2.04. The molecule has 0 unspecified atom stereocenters. The van der Waals surface area contributed by atoms with Gasteiger partial charge in [0.2, 0.25) is 0 Å². The fraction of sp³-hybridized carbons (Fsp3) is 0.143. The normalized spacial score (nSPS) is 10.7. The highest BCUT2D eigenvalue weighted by molar-refractivity contribution is 6.07. The van der Waals surface area contributed by atoms with Gasteiger partial charge in [-0.05, 0) is 12.1 Å². The van der Waals surface area contributed by atoms with Gasteiger partial charge in [-0.25, -0.2) is 0 Å². The zero-order valence-electron chi connectivity index (χ0n) is 11.2. The molecule has 0 atom stereocenters. The molecule has 0 spiro atoms. The van der Waals surface area contributed by atoms with Crippen molar-refractivity contribution in [3.8, 4) is 0 Å². The second-order valence-corrected chi connectivity index (χ2v) is 4.49. The third kappa shape index (κ3) is 2.72. The number of nitrogens with two attached hydrogens (primary N) is 1. The van der Waals surface area contributed by atoms with Crippen LogP contribution in [-0.2, 0) is 6.54 Å². The van der Waals surface area contributed by atoms with Crippen LogP contribution in [0.2, 0.25) is 0 Å². The number of para-hydroxylation sites is 1. The largest absolute Gasteiger partial charge is 0.329 e. The maximum Gasteiger partial charge on any atom is 0.277 e. The van der Waals surface area contributed by atoms with Gasteiger partial charge in [-0.15, -0.1) is 5.10 Å². The molecule has 0 saturated heterocycles. The molecule has 1 amide bonds. The number of aromatic nitrogens is 4. The summed E-state index contributed by atoms with van der Waals surface area (Å²) in [5.74, 6) is -0.323. The van der Waals surface area contributed by atoms with Gasteiger partial charge in [0.05, 0.1) is 23.9 Å². The third-order valence-corrected chi connectivity index (χ3v) is 3.01. The predicted octanol–water partition coefficient (Wildman–Crippen LogP) is 1.04. The standard InChI is InChI=1S/C14H14N6O/c15-6-8-20-9-12(18-19-20)14(21)17-11-5-1-3-10-4-2-7-16-13(10)11/h1-5,7,9H,6,8,15H2,(H,17,21). The van der Waals surface area contributed by atoms with Gasteiger partial charge in [-0.1, -0.05) is 23.4 Å². The Balaban J connectivity index is 1.85. The Kier molecular flexibility index (Phi) is 3.57. The number of nitrogens with zero attached hydrogens (tertiary/aromatic N) is 4. The fourth-order valence-electron chi connectivity index (χ4n) is 2.04. The Bertz CT molecular complexity index is 776. The van der Waals surface area contributed by atoms with E-state index in [1.165, 1.54) is 4.68 Å². The zero-order valence-corrected chi connectivity index (χ0v) is 11.2. The van der Waals surface area contributed by atoms with Gasteiger partial charge in [0.25, 0.3) is 5.91 Å². The van der Waals surface area contributed by atoms with E-state index in [0.717, 1.165) is 10.9 Å². The first-order valence-corrected chi connectivity index (χ1v) is 6.53. The topological polar surface area (TPSA) is 98.7 Å². The highest BCUT2D eigenvalue weighted by atomic mass is 16.2. The van der Waals surface area contributed by atoms with E-state index in [1.54, 1.807) is 18.5 Å². The molecule has 2 heterocycles. The Labute approximate surface area is 120 Å². The summed E-state index contributed by atoms with van der Waals surface area (Å²) in [4.78, 5) is 16.5. The Morgan fingerprint density at radius 1 is 1.29 bits per heavy atom. The molecule has 7 nitrogen and oxygen atoms in total. The van der Waals surface area contributed by atoms with Crippen LogP contribution in [0.25, 0.3) is 10.9 Å². The van der Waals surface area contributed by atoms with Crippen LogP contribution in [0.5, 0.6) is 0 Å². The van der Waals surface area contributed by atoms with Crippen molar-refractivity contribution in [2.75, 3.05) is 11.9 Å². The van der Waals surface area contributed by atoms with Crippen LogP contribution in [0.4, 0.5) is 5.69 Å². The Morgan fingerprint density at radius 2 is 2.14 bits per heavy atom. The lowest BCUT2D eigenvalue weighted by Gasteiger charge is -2.06. The summed E-state index contributed by atoms with van der Waals surface area (Å²) in [5, 5.41) is 11.4. The minimum atomic E-state index is -0.323. The summed E-state index contributed by atoms with van der Waals surface area (Å²) in [6.45, 7) is 0.966. The van der Waals surface area contributed by atoms with Crippen LogP contribution < -0.4 is 11.1 Å². The van der Waals surface area contributed by atoms with Crippen molar-refractivity contribution in [1.29, 1.82) is 0 Å². The first kappa shape index (κ1) is 13.2.